The molecular formula is C10H13NO4S. The van der Waals surface area contributed by atoms with Crippen molar-refractivity contribution in [1.29, 1.82) is 0 Å². The monoisotopic (exact) mass is 243 g/mol. The molecule has 0 aliphatic heterocycles. The first kappa shape index (κ1) is 12.7. The van der Waals surface area contributed by atoms with Crippen LogP contribution < -0.4 is 5.73 Å². The number of primary amides is 1. The minimum absolute atomic E-state index is 0.00574. The second-order valence-corrected chi connectivity index (χ2v) is 4.98. The molecule has 1 aromatic rings. The fourth-order valence-corrected chi connectivity index (χ4v) is 2.05. The zero-order valence-electron chi connectivity index (χ0n) is 9.01. The molecule has 0 radical (unpaired) electrons. The van der Waals surface area contributed by atoms with Gasteiger partial charge in [-0.15, -0.1) is 0 Å². The summed E-state index contributed by atoms with van der Waals surface area (Å²) in [6.07, 6.45) is -1.17. The molecular weight excluding hydrogens is 230 g/mol. The number of nitrogens with two attached hydrogens (primary N) is 1. The van der Waals surface area contributed by atoms with Crippen molar-refractivity contribution in [2.75, 3.05) is 0 Å². The van der Waals surface area contributed by atoms with Crippen LogP contribution in [0.5, 0.6) is 0 Å². The average Bonchev–Trinajstić information content (AvgIpc) is 2.17. The van der Waals surface area contributed by atoms with Crippen molar-refractivity contribution in [1.82, 2.24) is 0 Å². The summed E-state index contributed by atoms with van der Waals surface area (Å²) in [4.78, 5) is 10.7. The first-order chi connectivity index (χ1) is 7.33. The van der Waals surface area contributed by atoms with E-state index in [0.29, 0.717) is 0 Å². The molecule has 5 nitrogen and oxygen atoms in total. The third kappa shape index (κ3) is 3.04. The summed E-state index contributed by atoms with van der Waals surface area (Å²) < 4.78 is 27.9. The van der Waals surface area contributed by atoms with E-state index in [2.05, 4.69) is 4.18 Å². The number of benzene rings is 1. The van der Waals surface area contributed by atoms with Crippen LogP contribution in [0.15, 0.2) is 29.2 Å². The fraction of sp³-hybridized carbons (Fsp3) is 0.300. The van der Waals surface area contributed by atoms with E-state index in [9.17, 15) is 13.2 Å². The van der Waals surface area contributed by atoms with E-state index in [0.717, 1.165) is 5.56 Å². The van der Waals surface area contributed by atoms with E-state index >= 15 is 0 Å². The molecule has 1 amide bonds. The summed E-state index contributed by atoms with van der Waals surface area (Å²) in [6.45, 7) is 3.12. The molecule has 0 bridgehead atoms. The highest BCUT2D eigenvalue weighted by Crippen LogP contribution is 2.14. The van der Waals surface area contributed by atoms with Gasteiger partial charge in [-0.1, -0.05) is 17.7 Å². The van der Waals surface area contributed by atoms with Crippen molar-refractivity contribution in [3.8, 4) is 0 Å². The average molecular weight is 243 g/mol. The van der Waals surface area contributed by atoms with E-state index in [4.69, 9.17) is 5.73 Å². The van der Waals surface area contributed by atoms with E-state index in [-0.39, 0.29) is 4.90 Å². The third-order valence-corrected chi connectivity index (χ3v) is 3.37. The summed E-state index contributed by atoms with van der Waals surface area (Å²) >= 11 is 0. The SMILES string of the molecule is Cc1ccc(S(=O)(=O)O[C@@H](C)C(N)=O)cc1. The van der Waals surface area contributed by atoms with Crippen molar-refractivity contribution in [3.05, 3.63) is 29.8 Å². The maximum atomic E-state index is 11.6. The Morgan fingerprint density at radius 2 is 1.81 bits per heavy atom. The molecule has 0 spiro atoms. The van der Waals surface area contributed by atoms with Gasteiger partial charge in [-0.3, -0.25) is 8.98 Å². The number of rotatable bonds is 4. The van der Waals surface area contributed by atoms with Crippen LogP contribution in [0.2, 0.25) is 0 Å². The molecule has 0 aliphatic carbocycles. The Hall–Kier alpha value is -1.40. The first-order valence-electron chi connectivity index (χ1n) is 4.62. The molecule has 0 heterocycles. The van der Waals surface area contributed by atoms with E-state index in [1.807, 2.05) is 6.92 Å². The standard InChI is InChI=1S/C10H13NO4S/c1-7-3-5-9(6-4-7)16(13,14)15-8(2)10(11)12/h3-6,8H,1-2H3,(H2,11,12)/t8-/m0/s1. The van der Waals surface area contributed by atoms with Gasteiger partial charge in [0.2, 0.25) is 5.91 Å². The molecule has 16 heavy (non-hydrogen) atoms. The van der Waals surface area contributed by atoms with Crippen LogP contribution in [0.1, 0.15) is 12.5 Å². The predicted octanol–water partition coefficient (Wildman–Crippen LogP) is 0.574. The van der Waals surface area contributed by atoms with E-state index in [1.165, 1.54) is 19.1 Å². The molecule has 1 aromatic carbocycles. The van der Waals surface area contributed by atoms with Crippen molar-refractivity contribution < 1.29 is 17.4 Å². The summed E-state index contributed by atoms with van der Waals surface area (Å²) in [5.74, 6) is -0.823. The number of carbonyl (C=O) groups excluding carboxylic acids is 1. The maximum Gasteiger partial charge on any atom is 0.297 e. The molecule has 88 valence electrons. The van der Waals surface area contributed by atoms with Crippen LogP contribution in [-0.2, 0) is 19.1 Å². The van der Waals surface area contributed by atoms with Gasteiger partial charge in [0.25, 0.3) is 10.1 Å². The van der Waals surface area contributed by atoms with Gasteiger partial charge >= 0.3 is 0 Å². The second kappa shape index (κ2) is 4.63. The van der Waals surface area contributed by atoms with Crippen LogP contribution in [0.4, 0.5) is 0 Å². The lowest BCUT2D eigenvalue weighted by Crippen LogP contribution is -2.30. The van der Waals surface area contributed by atoms with Gasteiger partial charge in [0.15, 0.2) is 6.10 Å². The van der Waals surface area contributed by atoms with Gasteiger partial charge < -0.3 is 5.73 Å². The lowest BCUT2D eigenvalue weighted by molar-refractivity contribution is -0.123. The molecule has 6 heteroatoms. The Balaban J connectivity index is 2.94. The van der Waals surface area contributed by atoms with Gasteiger partial charge in [-0.25, -0.2) is 0 Å². The Kier molecular flexibility index (Phi) is 3.66. The van der Waals surface area contributed by atoms with Crippen molar-refractivity contribution >= 4 is 16.0 Å². The zero-order valence-corrected chi connectivity index (χ0v) is 9.82. The number of hydrogen-bond acceptors (Lipinski definition) is 4. The predicted molar refractivity (Wildman–Crippen MR) is 58.1 cm³/mol. The molecule has 0 aromatic heterocycles. The summed E-state index contributed by atoms with van der Waals surface area (Å²) in [6, 6.07) is 6.12. The number of amides is 1. The normalized spacial score (nSPS) is 13.4. The number of hydrogen-bond donors (Lipinski definition) is 1. The minimum Gasteiger partial charge on any atom is -0.367 e. The Morgan fingerprint density at radius 1 is 1.31 bits per heavy atom. The van der Waals surface area contributed by atoms with Crippen LogP contribution in [0.25, 0.3) is 0 Å². The Labute approximate surface area is 94.3 Å². The molecule has 0 aliphatic rings. The molecule has 0 unspecified atom stereocenters. The Bertz CT molecular complexity index is 478. The highest BCUT2D eigenvalue weighted by Gasteiger charge is 2.21. The molecule has 2 N–H and O–H groups in total. The first-order valence-corrected chi connectivity index (χ1v) is 6.03. The summed E-state index contributed by atoms with van der Waals surface area (Å²) in [5.41, 5.74) is 5.85. The van der Waals surface area contributed by atoms with Crippen molar-refractivity contribution in [3.63, 3.8) is 0 Å². The lowest BCUT2D eigenvalue weighted by atomic mass is 10.2. The highest BCUT2D eigenvalue weighted by atomic mass is 32.2. The fourth-order valence-electron chi connectivity index (χ4n) is 0.998. The van der Waals surface area contributed by atoms with Crippen LogP contribution >= 0.6 is 0 Å². The topological polar surface area (TPSA) is 86.5 Å². The third-order valence-electron chi connectivity index (χ3n) is 1.98. The number of carbonyl (C=O) groups is 1. The quantitative estimate of drug-likeness (QED) is 0.783. The van der Waals surface area contributed by atoms with Gasteiger partial charge in [-0.2, -0.15) is 8.42 Å². The molecule has 1 atom stereocenters. The minimum atomic E-state index is -3.92. The van der Waals surface area contributed by atoms with Gasteiger partial charge in [0.1, 0.15) is 0 Å². The highest BCUT2D eigenvalue weighted by molar-refractivity contribution is 7.86. The molecule has 0 saturated heterocycles. The lowest BCUT2D eigenvalue weighted by Gasteiger charge is -2.09. The summed E-state index contributed by atoms with van der Waals surface area (Å²) in [7, 11) is -3.92. The van der Waals surface area contributed by atoms with Crippen LogP contribution in [-0.4, -0.2) is 20.4 Å². The number of aryl methyl sites for hydroxylation is 1. The molecule has 0 fully saturated rings. The van der Waals surface area contributed by atoms with Gasteiger partial charge in [-0.05, 0) is 26.0 Å². The second-order valence-electron chi connectivity index (χ2n) is 3.41. The van der Waals surface area contributed by atoms with Gasteiger partial charge in [0.05, 0.1) is 4.90 Å². The van der Waals surface area contributed by atoms with Crippen LogP contribution in [0, 0.1) is 6.92 Å². The largest absolute Gasteiger partial charge is 0.367 e. The van der Waals surface area contributed by atoms with E-state index in [1.54, 1.807) is 12.1 Å². The molecule has 0 saturated carbocycles. The van der Waals surface area contributed by atoms with Crippen molar-refractivity contribution in [2.45, 2.75) is 24.8 Å². The Morgan fingerprint density at radius 3 is 2.25 bits per heavy atom. The summed E-state index contributed by atoms with van der Waals surface area (Å²) in [5, 5.41) is 0. The smallest absolute Gasteiger partial charge is 0.297 e. The van der Waals surface area contributed by atoms with Crippen molar-refractivity contribution in [2.24, 2.45) is 5.73 Å². The van der Waals surface area contributed by atoms with Crippen LogP contribution in [0.3, 0.4) is 0 Å². The van der Waals surface area contributed by atoms with E-state index < -0.39 is 22.1 Å². The van der Waals surface area contributed by atoms with Gasteiger partial charge in [0, 0.05) is 0 Å². The maximum absolute atomic E-state index is 11.6. The zero-order chi connectivity index (χ0) is 12.3. The molecule has 1 rings (SSSR count).